The highest BCUT2D eigenvalue weighted by Gasteiger charge is 2.29. The minimum Gasteiger partial charge on any atom is -0.312 e. The molecule has 1 aliphatic heterocycles. The van der Waals surface area contributed by atoms with Crippen molar-refractivity contribution < 1.29 is 0 Å². The van der Waals surface area contributed by atoms with E-state index in [2.05, 4.69) is 33.9 Å². The molecular formula is C16H28N4. The number of hydrogen-bond acceptors (Lipinski definition) is 3. The molecule has 0 aromatic carbocycles. The van der Waals surface area contributed by atoms with Gasteiger partial charge in [-0.2, -0.15) is 0 Å². The maximum Gasteiger partial charge on any atom is 0.149 e. The molecule has 2 heterocycles. The lowest BCUT2D eigenvalue weighted by Crippen LogP contribution is -2.33. The first-order chi connectivity index (χ1) is 9.79. The molecule has 1 fully saturated rings. The second-order valence-corrected chi connectivity index (χ2v) is 6.60. The zero-order chi connectivity index (χ0) is 13.9. The summed E-state index contributed by atoms with van der Waals surface area (Å²) in [5.41, 5.74) is 0. The van der Waals surface area contributed by atoms with Gasteiger partial charge < -0.3 is 9.88 Å². The molecule has 4 heteroatoms. The van der Waals surface area contributed by atoms with Crippen LogP contribution in [0.3, 0.4) is 0 Å². The summed E-state index contributed by atoms with van der Waals surface area (Å²) in [5, 5.41) is 12.4. The molecule has 0 bridgehead atoms. The van der Waals surface area contributed by atoms with Crippen LogP contribution < -0.4 is 5.32 Å². The summed E-state index contributed by atoms with van der Waals surface area (Å²) >= 11 is 0. The van der Waals surface area contributed by atoms with Crippen LogP contribution in [0.25, 0.3) is 0 Å². The summed E-state index contributed by atoms with van der Waals surface area (Å²) in [6, 6.07) is 0.353. The molecule has 20 heavy (non-hydrogen) atoms. The normalized spacial score (nSPS) is 30.2. The van der Waals surface area contributed by atoms with Gasteiger partial charge in [0.05, 0.1) is 6.04 Å². The standard InChI is InChI=1S/C16H28N4/c1-3-4-5-13-6-8-14(9-7-13)16-19-18-15-12(2)17-10-11-20(15)16/h12-14,17H,3-11H2,1-2H3. The van der Waals surface area contributed by atoms with Crippen molar-refractivity contribution in [1.29, 1.82) is 0 Å². The Labute approximate surface area is 122 Å². The molecule has 0 radical (unpaired) electrons. The largest absolute Gasteiger partial charge is 0.312 e. The molecule has 1 aromatic heterocycles. The number of nitrogens with zero attached hydrogens (tertiary/aromatic N) is 3. The third kappa shape index (κ3) is 2.76. The van der Waals surface area contributed by atoms with Gasteiger partial charge in [0.2, 0.25) is 0 Å². The maximum absolute atomic E-state index is 4.53. The highest BCUT2D eigenvalue weighted by atomic mass is 15.3. The van der Waals surface area contributed by atoms with Gasteiger partial charge in [-0.25, -0.2) is 0 Å². The third-order valence-electron chi connectivity index (χ3n) is 5.16. The lowest BCUT2D eigenvalue weighted by Gasteiger charge is -2.29. The van der Waals surface area contributed by atoms with Crippen LogP contribution >= 0.6 is 0 Å². The fraction of sp³-hybridized carbons (Fsp3) is 0.875. The molecule has 2 aliphatic rings. The Bertz CT molecular complexity index is 432. The summed E-state index contributed by atoms with van der Waals surface area (Å²) < 4.78 is 2.39. The highest BCUT2D eigenvalue weighted by Crippen LogP contribution is 2.37. The van der Waals surface area contributed by atoms with E-state index >= 15 is 0 Å². The molecule has 0 spiro atoms. The van der Waals surface area contributed by atoms with Crippen LogP contribution in [0.4, 0.5) is 0 Å². The Kier molecular flexibility index (Phi) is 4.39. The second kappa shape index (κ2) is 6.25. The van der Waals surface area contributed by atoms with Gasteiger partial charge in [-0.15, -0.1) is 10.2 Å². The Morgan fingerprint density at radius 2 is 1.90 bits per heavy atom. The predicted octanol–water partition coefficient (Wildman–Crippen LogP) is 3.41. The number of unbranched alkanes of at least 4 members (excludes halogenated alkanes) is 1. The van der Waals surface area contributed by atoms with E-state index in [9.17, 15) is 0 Å². The zero-order valence-electron chi connectivity index (χ0n) is 12.9. The average molecular weight is 276 g/mol. The molecule has 0 saturated heterocycles. The van der Waals surface area contributed by atoms with E-state index in [-0.39, 0.29) is 0 Å². The Balaban J connectivity index is 1.64. The molecule has 0 amide bonds. The first-order valence-electron chi connectivity index (χ1n) is 8.46. The van der Waals surface area contributed by atoms with Gasteiger partial charge in [0, 0.05) is 19.0 Å². The third-order valence-corrected chi connectivity index (χ3v) is 5.16. The van der Waals surface area contributed by atoms with Gasteiger partial charge in [-0.05, 0) is 38.5 Å². The van der Waals surface area contributed by atoms with E-state index in [0.29, 0.717) is 12.0 Å². The highest BCUT2D eigenvalue weighted by molar-refractivity contribution is 5.08. The van der Waals surface area contributed by atoms with Crippen molar-refractivity contribution >= 4 is 0 Å². The molecule has 1 N–H and O–H groups in total. The molecule has 3 rings (SSSR count). The van der Waals surface area contributed by atoms with Gasteiger partial charge in [0.25, 0.3) is 0 Å². The summed E-state index contributed by atoms with van der Waals surface area (Å²) in [6.45, 7) is 6.57. The van der Waals surface area contributed by atoms with Crippen LogP contribution in [-0.4, -0.2) is 21.3 Å². The van der Waals surface area contributed by atoms with Crippen molar-refractivity contribution in [2.24, 2.45) is 5.92 Å². The molecule has 1 aromatic rings. The summed E-state index contributed by atoms with van der Waals surface area (Å²) in [4.78, 5) is 0. The molecule has 1 atom stereocenters. The van der Waals surface area contributed by atoms with Crippen LogP contribution in [0, 0.1) is 5.92 Å². The average Bonchev–Trinajstić information content (AvgIpc) is 2.91. The van der Waals surface area contributed by atoms with Crippen LogP contribution in [0.15, 0.2) is 0 Å². The van der Waals surface area contributed by atoms with Crippen molar-refractivity contribution in [3.63, 3.8) is 0 Å². The van der Waals surface area contributed by atoms with Crippen molar-refractivity contribution in [2.45, 2.75) is 77.3 Å². The molecule has 1 unspecified atom stereocenters. The Hall–Kier alpha value is -0.900. The van der Waals surface area contributed by atoms with Gasteiger partial charge >= 0.3 is 0 Å². The lowest BCUT2D eigenvalue weighted by molar-refractivity contribution is 0.291. The van der Waals surface area contributed by atoms with Crippen molar-refractivity contribution in [1.82, 2.24) is 20.1 Å². The number of fused-ring (bicyclic) bond motifs is 1. The van der Waals surface area contributed by atoms with Gasteiger partial charge in [-0.3, -0.25) is 0 Å². The molecule has 1 saturated carbocycles. The van der Waals surface area contributed by atoms with Crippen LogP contribution in [-0.2, 0) is 6.54 Å². The number of hydrogen-bond donors (Lipinski definition) is 1. The molecule has 112 valence electrons. The first kappa shape index (κ1) is 14.1. The van der Waals surface area contributed by atoms with Crippen molar-refractivity contribution in [3.05, 3.63) is 11.6 Å². The van der Waals surface area contributed by atoms with Gasteiger partial charge in [-0.1, -0.05) is 26.2 Å². The maximum atomic E-state index is 4.53. The van der Waals surface area contributed by atoms with E-state index in [1.54, 1.807) is 0 Å². The zero-order valence-corrected chi connectivity index (χ0v) is 12.9. The SMILES string of the molecule is CCCCC1CCC(c2nnc3n2CCNC3C)CC1. The van der Waals surface area contributed by atoms with Gasteiger partial charge in [0.1, 0.15) is 11.6 Å². The van der Waals surface area contributed by atoms with Crippen LogP contribution in [0.2, 0.25) is 0 Å². The fourth-order valence-electron chi connectivity index (χ4n) is 3.87. The van der Waals surface area contributed by atoms with Crippen molar-refractivity contribution in [3.8, 4) is 0 Å². The smallest absolute Gasteiger partial charge is 0.149 e. The lowest BCUT2D eigenvalue weighted by atomic mass is 9.79. The molecular weight excluding hydrogens is 248 g/mol. The van der Waals surface area contributed by atoms with E-state index in [0.717, 1.165) is 24.8 Å². The monoisotopic (exact) mass is 276 g/mol. The van der Waals surface area contributed by atoms with Gasteiger partial charge in [0.15, 0.2) is 0 Å². The van der Waals surface area contributed by atoms with Crippen LogP contribution in [0.1, 0.15) is 82.4 Å². The first-order valence-corrected chi connectivity index (χ1v) is 8.46. The second-order valence-electron chi connectivity index (χ2n) is 6.60. The quantitative estimate of drug-likeness (QED) is 0.916. The predicted molar refractivity (Wildman–Crippen MR) is 80.7 cm³/mol. The van der Waals surface area contributed by atoms with E-state index in [4.69, 9.17) is 0 Å². The Morgan fingerprint density at radius 3 is 2.65 bits per heavy atom. The van der Waals surface area contributed by atoms with Crippen molar-refractivity contribution in [2.75, 3.05) is 6.54 Å². The topological polar surface area (TPSA) is 42.7 Å². The molecule has 4 nitrogen and oxygen atoms in total. The number of aromatic nitrogens is 3. The van der Waals surface area contributed by atoms with E-state index in [1.807, 2.05) is 0 Å². The van der Waals surface area contributed by atoms with E-state index < -0.39 is 0 Å². The minimum atomic E-state index is 0.353. The Morgan fingerprint density at radius 1 is 1.15 bits per heavy atom. The fourth-order valence-corrected chi connectivity index (χ4v) is 3.87. The van der Waals surface area contributed by atoms with E-state index in [1.165, 1.54) is 50.8 Å². The summed E-state index contributed by atoms with van der Waals surface area (Å²) in [5.74, 6) is 4.02. The van der Waals surface area contributed by atoms with Crippen LogP contribution in [0.5, 0.6) is 0 Å². The molecule has 1 aliphatic carbocycles. The summed E-state index contributed by atoms with van der Waals surface area (Å²) in [7, 11) is 0. The summed E-state index contributed by atoms with van der Waals surface area (Å²) in [6.07, 6.45) is 9.58. The minimum absolute atomic E-state index is 0.353. The number of rotatable bonds is 4. The number of nitrogens with one attached hydrogen (secondary N) is 1.